The van der Waals surface area contributed by atoms with Crippen LogP contribution in [0.15, 0.2) is 59.7 Å². The lowest BCUT2D eigenvalue weighted by Gasteiger charge is -2.07. The first-order chi connectivity index (χ1) is 14.5. The Bertz CT molecular complexity index is 1260. The summed E-state index contributed by atoms with van der Waals surface area (Å²) in [5.74, 6) is 0.218. The molecule has 2 aromatic heterocycles. The third kappa shape index (κ3) is 3.93. The standard InChI is InChI=1S/C22H18Cl3N3O2/c1-2-3-10-30-21-20(27-9-8-14-6-4-5-7-15(14)13-27)22(29)28(26-21)19-17(24)11-16(23)12-18(19)25/h4-9,11-13H,2-3,10H2,1H3. The van der Waals surface area contributed by atoms with Crippen molar-refractivity contribution < 1.29 is 9.30 Å². The number of rotatable bonds is 6. The van der Waals surface area contributed by atoms with E-state index in [0.29, 0.717) is 17.3 Å². The smallest absolute Gasteiger partial charge is 0.292 e. The van der Waals surface area contributed by atoms with Crippen molar-refractivity contribution in [3.63, 3.8) is 0 Å². The molecule has 0 aliphatic heterocycles. The summed E-state index contributed by atoms with van der Waals surface area (Å²) < 4.78 is 8.75. The summed E-state index contributed by atoms with van der Waals surface area (Å²) in [4.78, 5) is 13.4. The molecule has 0 fully saturated rings. The molecule has 0 bridgehead atoms. The Morgan fingerprint density at radius 2 is 1.80 bits per heavy atom. The predicted octanol–water partition coefficient (Wildman–Crippen LogP) is 5.52. The van der Waals surface area contributed by atoms with Crippen molar-refractivity contribution in [2.45, 2.75) is 19.8 Å². The van der Waals surface area contributed by atoms with Gasteiger partial charge in [-0.1, -0.05) is 72.4 Å². The van der Waals surface area contributed by atoms with Crippen molar-refractivity contribution in [2.75, 3.05) is 6.61 Å². The summed E-state index contributed by atoms with van der Waals surface area (Å²) in [6.07, 6.45) is 5.47. The second kappa shape index (κ2) is 8.72. The highest BCUT2D eigenvalue weighted by atomic mass is 35.5. The third-order valence-corrected chi connectivity index (χ3v) is 5.46. The van der Waals surface area contributed by atoms with Crippen LogP contribution in [0.2, 0.25) is 15.1 Å². The maximum absolute atomic E-state index is 13.4. The van der Waals surface area contributed by atoms with Crippen molar-refractivity contribution in [2.24, 2.45) is 0 Å². The van der Waals surface area contributed by atoms with E-state index in [1.807, 2.05) is 42.7 Å². The third-order valence-electron chi connectivity index (χ3n) is 4.67. The van der Waals surface area contributed by atoms with Crippen LogP contribution >= 0.6 is 34.8 Å². The summed E-state index contributed by atoms with van der Waals surface area (Å²) >= 11 is 18.7. The number of hydrogen-bond donors (Lipinski definition) is 0. The quantitative estimate of drug-likeness (QED) is 0.215. The van der Waals surface area contributed by atoms with Crippen molar-refractivity contribution in [1.29, 1.82) is 0 Å². The molecule has 0 saturated heterocycles. The number of nitrogens with zero attached hydrogens (tertiary/aromatic N) is 3. The monoisotopic (exact) mass is 461 g/mol. The summed E-state index contributed by atoms with van der Waals surface area (Å²) in [6, 6.07) is 12.9. The highest BCUT2D eigenvalue weighted by molar-refractivity contribution is 6.40. The fourth-order valence-electron chi connectivity index (χ4n) is 3.17. The van der Waals surface area contributed by atoms with Crippen LogP contribution in [0.1, 0.15) is 19.8 Å². The minimum absolute atomic E-state index is 0.218. The van der Waals surface area contributed by atoms with Gasteiger partial charge in [0.2, 0.25) is 5.69 Å². The van der Waals surface area contributed by atoms with Gasteiger partial charge in [0.1, 0.15) is 5.69 Å². The first-order valence-corrected chi connectivity index (χ1v) is 10.6. The van der Waals surface area contributed by atoms with Crippen molar-refractivity contribution in [3.8, 4) is 17.3 Å². The van der Waals surface area contributed by atoms with E-state index >= 15 is 0 Å². The average Bonchev–Trinajstić information content (AvgIpc) is 3.03. The fourth-order valence-corrected chi connectivity index (χ4v) is 4.15. The van der Waals surface area contributed by atoms with E-state index in [4.69, 9.17) is 39.5 Å². The molecule has 8 heteroatoms. The Hall–Kier alpha value is -2.47. The molecular weight excluding hydrogens is 445 g/mol. The van der Waals surface area contributed by atoms with Crippen LogP contribution < -0.4 is 14.9 Å². The number of fused-ring (bicyclic) bond motifs is 1. The molecule has 4 rings (SSSR count). The lowest BCUT2D eigenvalue weighted by Crippen LogP contribution is -2.36. The van der Waals surface area contributed by atoms with Crippen LogP contribution in [0.3, 0.4) is 0 Å². The summed E-state index contributed by atoms with van der Waals surface area (Å²) in [7, 11) is 0. The number of hydrogen-bond acceptors (Lipinski definition) is 3. The number of unbranched alkanes of at least 4 members (excludes halogenated alkanes) is 1. The fraction of sp³-hybridized carbons (Fsp3) is 0.182. The van der Waals surface area contributed by atoms with Crippen molar-refractivity contribution >= 4 is 45.6 Å². The molecule has 0 N–H and O–H groups in total. The highest BCUT2D eigenvalue weighted by Crippen LogP contribution is 2.32. The van der Waals surface area contributed by atoms with Gasteiger partial charge in [-0.05, 0) is 35.4 Å². The topological polar surface area (TPSA) is 48.0 Å². The number of halogens is 3. The van der Waals surface area contributed by atoms with E-state index in [9.17, 15) is 4.79 Å². The number of aromatic nitrogens is 3. The lowest BCUT2D eigenvalue weighted by atomic mass is 10.2. The van der Waals surface area contributed by atoms with Crippen LogP contribution in [0.25, 0.3) is 22.1 Å². The molecule has 2 heterocycles. The first kappa shape index (κ1) is 20.8. The van der Waals surface area contributed by atoms with E-state index in [2.05, 4.69) is 12.0 Å². The Morgan fingerprint density at radius 1 is 1.10 bits per heavy atom. The Labute approximate surface area is 188 Å². The minimum Gasteiger partial charge on any atom is -0.481 e. The number of ether oxygens (including phenoxy) is 1. The second-order valence-corrected chi connectivity index (χ2v) is 8.02. The maximum atomic E-state index is 13.4. The lowest BCUT2D eigenvalue weighted by molar-refractivity contribution is -0.595. The molecule has 0 atom stereocenters. The van der Waals surface area contributed by atoms with Crippen LogP contribution in [-0.4, -0.2) is 16.4 Å². The van der Waals surface area contributed by atoms with Gasteiger partial charge in [0.15, 0.2) is 0 Å². The zero-order valence-electron chi connectivity index (χ0n) is 16.1. The van der Waals surface area contributed by atoms with E-state index in [0.717, 1.165) is 23.6 Å². The molecule has 5 nitrogen and oxygen atoms in total. The largest absolute Gasteiger partial charge is 0.481 e. The summed E-state index contributed by atoms with van der Waals surface area (Å²) in [5, 5.41) is 7.27. The molecule has 0 aliphatic carbocycles. The van der Waals surface area contributed by atoms with E-state index in [-0.39, 0.29) is 21.6 Å². The molecule has 2 aromatic carbocycles. The zero-order valence-corrected chi connectivity index (χ0v) is 18.4. The summed E-state index contributed by atoms with van der Waals surface area (Å²) in [5.41, 5.74) is 0.160. The van der Waals surface area contributed by atoms with Crippen LogP contribution in [0.4, 0.5) is 0 Å². The number of benzene rings is 2. The zero-order chi connectivity index (χ0) is 21.3. The average molecular weight is 463 g/mol. The van der Waals surface area contributed by atoms with Gasteiger partial charge in [-0.25, -0.2) is 0 Å². The van der Waals surface area contributed by atoms with Crippen molar-refractivity contribution in [1.82, 2.24) is 9.78 Å². The Kier molecular flexibility index (Phi) is 6.04. The van der Waals surface area contributed by atoms with E-state index in [1.165, 1.54) is 16.8 Å². The molecule has 0 radical (unpaired) electrons. The second-order valence-electron chi connectivity index (χ2n) is 6.77. The molecule has 30 heavy (non-hydrogen) atoms. The molecule has 0 amide bonds. The minimum atomic E-state index is -0.395. The first-order valence-electron chi connectivity index (χ1n) is 9.47. The van der Waals surface area contributed by atoms with E-state index in [1.54, 1.807) is 4.57 Å². The van der Waals surface area contributed by atoms with Crippen molar-refractivity contribution in [3.05, 3.63) is 80.3 Å². The SMILES string of the molecule is CCCCOc1nn(-c2c(Cl)cc(Cl)cc2Cl)c(=O)[c-]1-[n+]1ccc2ccccc2c1. The molecular formula is C22H18Cl3N3O2. The van der Waals surface area contributed by atoms with Gasteiger partial charge in [-0.2, -0.15) is 4.68 Å². The van der Waals surface area contributed by atoms with Crippen LogP contribution in [0.5, 0.6) is 5.88 Å². The Balaban J connectivity index is 1.91. The van der Waals surface area contributed by atoms with Gasteiger partial charge in [0, 0.05) is 5.02 Å². The molecule has 0 saturated carbocycles. The molecule has 154 valence electrons. The molecule has 4 aromatic rings. The van der Waals surface area contributed by atoms with Crippen LogP contribution in [0, 0.1) is 0 Å². The molecule has 0 spiro atoms. The Morgan fingerprint density at radius 3 is 2.50 bits per heavy atom. The highest BCUT2D eigenvalue weighted by Gasteiger charge is 2.23. The van der Waals surface area contributed by atoms with Gasteiger partial charge >= 0.3 is 0 Å². The van der Waals surface area contributed by atoms with Gasteiger partial charge in [-0.3, -0.25) is 4.79 Å². The molecule has 0 unspecified atom stereocenters. The normalized spacial score (nSPS) is 11.2. The van der Waals surface area contributed by atoms with Gasteiger partial charge in [-0.15, -0.1) is 5.10 Å². The predicted molar refractivity (Wildman–Crippen MR) is 120 cm³/mol. The number of pyridine rings is 1. The summed E-state index contributed by atoms with van der Waals surface area (Å²) in [6.45, 7) is 2.50. The maximum Gasteiger partial charge on any atom is 0.292 e. The van der Waals surface area contributed by atoms with Gasteiger partial charge in [0.05, 0.1) is 29.0 Å². The van der Waals surface area contributed by atoms with E-state index < -0.39 is 5.56 Å². The van der Waals surface area contributed by atoms with Gasteiger partial charge in [0.25, 0.3) is 11.4 Å². The van der Waals surface area contributed by atoms with Crippen LogP contribution in [-0.2, 0) is 0 Å². The van der Waals surface area contributed by atoms with Gasteiger partial charge < -0.3 is 9.30 Å². The molecule has 0 aliphatic rings.